The highest BCUT2D eigenvalue weighted by Crippen LogP contribution is 1.98. The van der Waals surface area contributed by atoms with Gasteiger partial charge in [-0.25, -0.2) is 0 Å². The van der Waals surface area contributed by atoms with Gasteiger partial charge in [0.1, 0.15) is 0 Å². The van der Waals surface area contributed by atoms with Crippen LogP contribution in [0.25, 0.3) is 0 Å². The molecule has 5 nitrogen and oxygen atoms in total. The van der Waals surface area contributed by atoms with Crippen LogP contribution in [0.2, 0.25) is 0 Å². The van der Waals surface area contributed by atoms with Crippen molar-refractivity contribution in [3.8, 4) is 0 Å². The lowest BCUT2D eigenvalue weighted by Gasteiger charge is -2.23. The van der Waals surface area contributed by atoms with Crippen LogP contribution in [0.5, 0.6) is 0 Å². The molecule has 100 valence electrons. The van der Waals surface area contributed by atoms with Crippen LogP contribution in [0.15, 0.2) is 0 Å². The minimum Gasteiger partial charge on any atom is -0.376 e. The van der Waals surface area contributed by atoms with Crippen molar-refractivity contribution in [3.63, 3.8) is 0 Å². The number of carbonyl (C=O) groups excluding carboxylic acids is 1. The Balaban J connectivity index is 2.06. The molecule has 0 bridgehead atoms. The van der Waals surface area contributed by atoms with Crippen LogP contribution in [-0.2, 0) is 14.3 Å². The van der Waals surface area contributed by atoms with Gasteiger partial charge in [-0.15, -0.1) is 0 Å². The molecule has 0 radical (unpaired) electrons. The summed E-state index contributed by atoms with van der Waals surface area (Å²) in [6, 6.07) is 0.290. The summed E-state index contributed by atoms with van der Waals surface area (Å²) in [5, 5.41) is 6.07. The predicted octanol–water partition coefficient (Wildman–Crippen LogP) is 0.296. The molecule has 0 aliphatic carbocycles. The highest BCUT2D eigenvalue weighted by atomic mass is 16.6. The summed E-state index contributed by atoms with van der Waals surface area (Å²) in [6.45, 7) is 7.09. The molecule has 1 heterocycles. The van der Waals surface area contributed by atoms with Gasteiger partial charge in [-0.1, -0.05) is 13.8 Å². The van der Waals surface area contributed by atoms with Crippen molar-refractivity contribution in [1.82, 2.24) is 10.6 Å². The Labute approximate surface area is 103 Å². The van der Waals surface area contributed by atoms with E-state index >= 15 is 0 Å². The molecule has 1 unspecified atom stereocenters. The Kier molecular flexibility index (Phi) is 7.16. The Hall–Kier alpha value is -0.650. The Morgan fingerprint density at radius 3 is 2.71 bits per heavy atom. The first-order valence-electron chi connectivity index (χ1n) is 6.45. The zero-order valence-corrected chi connectivity index (χ0v) is 10.8. The second-order valence-corrected chi connectivity index (χ2v) is 4.28. The van der Waals surface area contributed by atoms with E-state index < -0.39 is 0 Å². The van der Waals surface area contributed by atoms with Gasteiger partial charge in [0.25, 0.3) is 0 Å². The third-order valence-electron chi connectivity index (χ3n) is 2.89. The number of hydrogen-bond acceptors (Lipinski definition) is 4. The molecule has 0 aromatic carbocycles. The Bertz CT molecular complexity index is 214. The van der Waals surface area contributed by atoms with Gasteiger partial charge in [0.15, 0.2) is 0 Å². The predicted molar refractivity (Wildman–Crippen MR) is 65.9 cm³/mol. The molecule has 17 heavy (non-hydrogen) atoms. The van der Waals surface area contributed by atoms with Gasteiger partial charge >= 0.3 is 0 Å². The molecule has 1 atom stereocenters. The molecule has 0 aromatic heterocycles. The molecule has 0 aromatic rings. The molecule has 5 heteroatoms. The van der Waals surface area contributed by atoms with Gasteiger partial charge in [0.2, 0.25) is 5.91 Å². The SMILES string of the molecule is CCC(CC)NC(=O)CNCC1COCCO1. The van der Waals surface area contributed by atoms with Crippen LogP contribution in [0.4, 0.5) is 0 Å². The van der Waals surface area contributed by atoms with Crippen LogP contribution in [0.1, 0.15) is 26.7 Å². The summed E-state index contributed by atoms with van der Waals surface area (Å²) in [7, 11) is 0. The Morgan fingerprint density at radius 2 is 2.12 bits per heavy atom. The van der Waals surface area contributed by atoms with Crippen LogP contribution in [0, 0.1) is 0 Å². The number of amides is 1. The fourth-order valence-electron chi connectivity index (χ4n) is 1.77. The largest absolute Gasteiger partial charge is 0.376 e. The fourth-order valence-corrected chi connectivity index (χ4v) is 1.77. The molecule has 0 saturated carbocycles. The van der Waals surface area contributed by atoms with E-state index in [4.69, 9.17) is 9.47 Å². The van der Waals surface area contributed by atoms with Gasteiger partial charge in [0, 0.05) is 12.6 Å². The maximum atomic E-state index is 11.6. The standard InChI is InChI=1S/C12H24N2O3/c1-3-10(4-2)14-12(15)8-13-7-11-9-16-5-6-17-11/h10-11,13H,3-9H2,1-2H3,(H,14,15). The normalized spacial score (nSPS) is 20.5. The molecule has 2 N–H and O–H groups in total. The summed E-state index contributed by atoms with van der Waals surface area (Å²) in [5.74, 6) is 0.0513. The lowest BCUT2D eigenvalue weighted by Crippen LogP contribution is -2.43. The number of hydrogen-bond donors (Lipinski definition) is 2. The summed E-state index contributed by atoms with van der Waals surface area (Å²) < 4.78 is 10.7. The monoisotopic (exact) mass is 244 g/mol. The van der Waals surface area contributed by atoms with Crippen molar-refractivity contribution in [2.75, 3.05) is 32.9 Å². The lowest BCUT2D eigenvalue weighted by atomic mass is 10.2. The lowest BCUT2D eigenvalue weighted by molar-refractivity contribution is -0.121. The second-order valence-electron chi connectivity index (χ2n) is 4.28. The van der Waals surface area contributed by atoms with Crippen molar-refractivity contribution in [1.29, 1.82) is 0 Å². The van der Waals surface area contributed by atoms with Gasteiger partial charge in [-0.2, -0.15) is 0 Å². The molecule has 1 fully saturated rings. The average Bonchev–Trinajstić information content (AvgIpc) is 2.37. The van der Waals surface area contributed by atoms with E-state index in [-0.39, 0.29) is 12.0 Å². The number of ether oxygens (including phenoxy) is 2. The fraction of sp³-hybridized carbons (Fsp3) is 0.917. The summed E-state index contributed by atoms with van der Waals surface area (Å²) in [5.41, 5.74) is 0. The van der Waals surface area contributed by atoms with Gasteiger partial charge < -0.3 is 20.1 Å². The zero-order chi connectivity index (χ0) is 12.5. The smallest absolute Gasteiger partial charge is 0.234 e. The number of carbonyl (C=O) groups is 1. The van der Waals surface area contributed by atoms with Gasteiger partial charge in [-0.05, 0) is 12.8 Å². The van der Waals surface area contributed by atoms with Gasteiger partial charge in [-0.3, -0.25) is 4.79 Å². The average molecular weight is 244 g/mol. The number of rotatable bonds is 7. The van der Waals surface area contributed by atoms with E-state index in [2.05, 4.69) is 24.5 Å². The molecule has 0 spiro atoms. The van der Waals surface area contributed by atoms with Crippen molar-refractivity contribution < 1.29 is 14.3 Å². The minimum atomic E-state index is 0.0513. The summed E-state index contributed by atoms with van der Waals surface area (Å²) in [4.78, 5) is 11.6. The van der Waals surface area contributed by atoms with Crippen LogP contribution >= 0.6 is 0 Å². The zero-order valence-electron chi connectivity index (χ0n) is 10.8. The van der Waals surface area contributed by atoms with E-state index in [0.29, 0.717) is 39.0 Å². The molecule has 1 aliphatic heterocycles. The molecule has 1 saturated heterocycles. The van der Waals surface area contributed by atoms with E-state index in [9.17, 15) is 4.79 Å². The minimum absolute atomic E-state index is 0.0513. The highest BCUT2D eigenvalue weighted by molar-refractivity contribution is 5.78. The van der Waals surface area contributed by atoms with Crippen LogP contribution in [0.3, 0.4) is 0 Å². The van der Waals surface area contributed by atoms with Crippen molar-refractivity contribution in [3.05, 3.63) is 0 Å². The molecule has 1 rings (SSSR count). The Morgan fingerprint density at radius 1 is 1.35 bits per heavy atom. The van der Waals surface area contributed by atoms with Crippen LogP contribution in [-0.4, -0.2) is 51.0 Å². The second kappa shape index (κ2) is 8.44. The highest BCUT2D eigenvalue weighted by Gasteiger charge is 2.14. The van der Waals surface area contributed by atoms with E-state index in [0.717, 1.165) is 12.8 Å². The molecular formula is C12H24N2O3. The van der Waals surface area contributed by atoms with E-state index in [1.54, 1.807) is 0 Å². The molecular weight excluding hydrogens is 220 g/mol. The molecule has 1 aliphatic rings. The third-order valence-corrected chi connectivity index (χ3v) is 2.89. The van der Waals surface area contributed by atoms with Crippen molar-refractivity contribution >= 4 is 5.91 Å². The first-order chi connectivity index (χ1) is 8.26. The van der Waals surface area contributed by atoms with E-state index in [1.807, 2.05) is 0 Å². The topological polar surface area (TPSA) is 59.6 Å². The quantitative estimate of drug-likeness (QED) is 0.676. The first kappa shape index (κ1) is 14.4. The first-order valence-corrected chi connectivity index (χ1v) is 6.45. The third kappa shape index (κ3) is 6.00. The van der Waals surface area contributed by atoms with Crippen LogP contribution < -0.4 is 10.6 Å². The summed E-state index contributed by atoms with van der Waals surface area (Å²) in [6.07, 6.45) is 2.02. The maximum absolute atomic E-state index is 11.6. The molecule has 1 amide bonds. The van der Waals surface area contributed by atoms with Crippen molar-refractivity contribution in [2.45, 2.75) is 38.8 Å². The summed E-state index contributed by atoms with van der Waals surface area (Å²) >= 11 is 0. The van der Waals surface area contributed by atoms with Crippen molar-refractivity contribution in [2.24, 2.45) is 0 Å². The number of nitrogens with one attached hydrogen (secondary N) is 2. The maximum Gasteiger partial charge on any atom is 0.234 e. The van der Waals surface area contributed by atoms with Gasteiger partial charge in [0.05, 0.1) is 32.5 Å². The van der Waals surface area contributed by atoms with E-state index in [1.165, 1.54) is 0 Å².